The molecule has 10 heteroatoms. The van der Waals surface area contributed by atoms with Gasteiger partial charge in [-0.1, -0.05) is 43.1 Å². The third-order valence-electron chi connectivity index (χ3n) is 5.86. The number of ether oxygens (including phenoxy) is 1. The monoisotopic (exact) mass is 490 g/mol. The average molecular weight is 491 g/mol. The van der Waals surface area contributed by atoms with Crippen molar-refractivity contribution >= 4 is 45.1 Å². The van der Waals surface area contributed by atoms with Crippen molar-refractivity contribution in [1.82, 2.24) is 9.21 Å². The molecule has 0 N–H and O–H groups in total. The number of halogens is 2. The fraction of sp³-hybridized carbons (Fsp3) is 0.619. The molecule has 2 fully saturated rings. The molecule has 2 heterocycles. The second-order valence-corrected chi connectivity index (χ2v) is 11.3. The predicted octanol–water partition coefficient (Wildman–Crippen LogP) is 3.44. The molecule has 0 aliphatic carbocycles. The first kappa shape index (κ1) is 24.3. The lowest BCUT2D eigenvalue weighted by Crippen LogP contribution is -2.45. The van der Waals surface area contributed by atoms with Crippen LogP contribution < -0.4 is 0 Å². The number of hydrogen-bond donors (Lipinski definition) is 0. The Balaban J connectivity index is 1.52. The van der Waals surface area contributed by atoms with Gasteiger partial charge in [-0.05, 0) is 43.2 Å². The average Bonchev–Trinajstić information content (AvgIpc) is 2.71. The van der Waals surface area contributed by atoms with Crippen LogP contribution in [0.5, 0.6) is 0 Å². The number of amides is 1. The molecule has 3 rings (SSSR count). The molecule has 2 aliphatic rings. The summed E-state index contributed by atoms with van der Waals surface area (Å²) in [6.07, 6.45) is 1.71. The van der Waals surface area contributed by atoms with Crippen LogP contribution >= 0.6 is 23.2 Å². The highest BCUT2D eigenvalue weighted by molar-refractivity contribution is 7.89. The molecule has 7 nitrogen and oxygen atoms in total. The van der Waals surface area contributed by atoms with Gasteiger partial charge < -0.3 is 9.64 Å². The lowest BCUT2D eigenvalue weighted by atomic mass is 9.92. The lowest BCUT2D eigenvalue weighted by molar-refractivity contribution is -0.157. The van der Waals surface area contributed by atoms with E-state index in [4.69, 9.17) is 27.9 Å². The third-order valence-corrected chi connectivity index (χ3v) is 8.72. The number of piperidine rings is 2. The van der Waals surface area contributed by atoms with E-state index >= 15 is 0 Å². The maximum atomic E-state index is 12.9. The van der Waals surface area contributed by atoms with Crippen molar-refractivity contribution in [1.29, 1.82) is 0 Å². The summed E-state index contributed by atoms with van der Waals surface area (Å²) in [7, 11) is -3.87. The first-order chi connectivity index (χ1) is 14.6. The van der Waals surface area contributed by atoms with Crippen molar-refractivity contribution in [3.05, 3.63) is 28.2 Å². The second-order valence-electron chi connectivity index (χ2n) is 8.58. The van der Waals surface area contributed by atoms with Gasteiger partial charge in [-0.25, -0.2) is 8.42 Å². The van der Waals surface area contributed by atoms with Crippen molar-refractivity contribution in [2.75, 3.05) is 32.8 Å². The number of likely N-dealkylation sites (tertiary alicyclic amines) is 1. The van der Waals surface area contributed by atoms with Gasteiger partial charge in [-0.2, -0.15) is 4.31 Å². The summed E-state index contributed by atoms with van der Waals surface area (Å²) in [5.74, 6) is -0.220. The molecular formula is C21H28Cl2N2O5S. The van der Waals surface area contributed by atoms with E-state index in [1.54, 1.807) is 11.0 Å². The number of esters is 1. The van der Waals surface area contributed by atoms with Crippen LogP contribution in [0.15, 0.2) is 23.1 Å². The Morgan fingerprint density at radius 3 is 2.16 bits per heavy atom. The molecule has 0 unspecified atom stereocenters. The number of hydrogen-bond acceptors (Lipinski definition) is 5. The molecule has 1 aromatic carbocycles. The largest absolute Gasteiger partial charge is 0.455 e. The van der Waals surface area contributed by atoms with E-state index < -0.39 is 21.9 Å². The van der Waals surface area contributed by atoms with Gasteiger partial charge >= 0.3 is 5.97 Å². The van der Waals surface area contributed by atoms with Gasteiger partial charge in [0, 0.05) is 26.2 Å². The first-order valence-electron chi connectivity index (χ1n) is 10.5. The standard InChI is InChI=1S/C21H28Cl2N2O5S/c1-14-10-15(2)12-24(11-14)19(26)13-30-21(27)16-6-8-25(9-7-16)31(28,29)20-17(22)4-3-5-18(20)23/h3-5,14-16H,6-13H2,1-2H3/t14-,15+. The van der Waals surface area contributed by atoms with Gasteiger partial charge in [-0.15, -0.1) is 0 Å². The molecule has 1 amide bonds. The van der Waals surface area contributed by atoms with Crippen molar-refractivity contribution in [3.8, 4) is 0 Å². The number of sulfonamides is 1. The molecular weight excluding hydrogens is 463 g/mol. The zero-order valence-electron chi connectivity index (χ0n) is 17.7. The Kier molecular flexibility index (Phi) is 7.89. The van der Waals surface area contributed by atoms with Crippen LogP contribution in [0.1, 0.15) is 33.1 Å². The summed E-state index contributed by atoms with van der Waals surface area (Å²) in [4.78, 5) is 26.5. The Morgan fingerprint density at radius 1 is 1.06 bits per heavy atom. The molecule has 0 spiro atoms. The highest BCUT2D eigenvalue weighted by Crippen LogP contribution is 2.33. The molecule has 0 aromatic heterocycles. The smallest absolute Gasteiger partial charge is 0.309 e. The minimum Gasteiger partial charge on any atom is -0.455 e. The van der Waals surface area contributed by atoms with E-state index in [1.165, 1.54) is 16.4 Å². The van der Waals surface area contributed by atoms with E-state index in [0.29, 0.717) is 37.8 Å². The topological polar surface area (TPSA) is 84.0 Å². The summed E-state index contributed by atoms with van der Waals surface area (Å²) >= 11 is 12.1. The van der Waals surface area contributed by atoms with Gasteiger partial charge in [0.15, 0.2) is 6.61 Å². The molecule has 172 valence electrons. The molecule has 0 saturated carbocycles. The Bertz CT molecular complexity index is 901. The Hall–Kier alpha value is -1.35. The van der Waals surface area contributed by atoms with Crippen LogP contribution in [0.4, 0.5) is 0 Å². The number of carbonyl (C=O) groups is 2. The van der Waals surface area contributed by atoms with Crippen LogP contribution in [0, 0.1) is 17.8 Å². The normalized spacial score (nSPS) is 23.5. The summed E-state index contributed by atoms with van der Waals surface area (Å²) in [6, 6.07) is 4.54. The third kappa shape index (κ3) is 5.72. The van der Waals surface area contributed by atoms with E-state index in [-0.39, 0.29) is 40.5 Å². The Labute approximate surface area is 193 Å². The van der Waals surface area contributed by atoms with Gasteiger partial charge in [0.1, 0.15) is 4.90 Å². The minimum absolute atomic E-state index is 0.0638. The van der Waals surface area contributed by atoms with Crippen LogP contribution in [0.25, 0.3) is 0 Å². The summed E-state index contributed by atoms with van der Waals surface area (Å²) in [5, 5.41) is 0.128. The first-order valence-corrected chi connectivity index (χ1v) is 12.7. The van der Waals surface area contributed by atoms with E-state index in [1.807, 2.05) is 0 Å². The van der Waals surface area contributed by atoms with Gasteiger partial charge in [0.05, 0.1) is 16.0 Å². The maximum absolute atomic E-state index is 12.9. The Morgan fingerprint density at radius 2 is 1.61 bits per heavy atom. The number of benzene rings is 1. The van der Waals surface area contributed by atoms with Crippen LogP contribution in [0.3, 0.4) is 0 Å². The molecule has 2 saturated heterocycles. The van der Waals surface area contributed by atoms with Crippen molar-refractivity contribution in [2.45, 2.75) is 38.0 Å². The minimum atomic E-state index is -3.87. The molecule has 2 aliphatic heterocycles. The summed E-state index contributed by atoms with van der Waals surface area (Å²) < 4.78 is 32.4. The quantitative estimate of drug-likeness (QED) is 0.590. The van der Waals surface area contributed by atoms with Crippen LogP contribution in [0.2, 0.25) is 10.0 Å². The predicted molar refractivity (Wildman–Crippen MR) is 118 cm³/mol. The highest BCUT2D eigenvalue weighted by Gasteiger charge is 2.35. The van der Waals surface area contributed by atoms with Crippen LogP contribution in [-0.2, 0) is 24.3 Å². The molecule has 2 atom stereocenters. The number of nitrogens with zero attached hydrogens (tertiary/aromatic N) is 2. The molecule has 31 heavy (non-hydrogen) atoms. The fourth-order valence-electron chi connectivity index (χ4n) is 4.40. The highest BCUT2D eigenvalue weighted by atomic mass is 35.5. The zero-order valence-corrected chi connectivity index (χ0v) is 20.0. The maximum Gasteiger partial charge on any atom is 0.309 e. The lowest BCUT2D eigenvalue weighted by Gasteiger charge is -2.35. The van der Waals surface area contributed by atoms with E-state index in [2.05, 4.69) is 13.8 Å². The van der Waals surface area contributed by atoms with Crippen molar-refractivity contribution in [3.63, 3.8) is 0 Å². The van der Waals surface area contributed by atoms with Crippen LogP contribution in [-0.4, -0.2) is 62.3 Å². The summed E-state index contributed by atoms with van der Waals surface area (Å²) in [5.41, 5.74) is 0. The fourth-order valence-corrected chi connectivity index (χ4v) is 6.96. The van der Waals surface area contributed by atoms with Gasteiger partial charge in [0.25, 0.3) is 5.91 Å². The second kappa shape index (κ2) is 10.1. The van der Waals surface area contributed by atoms with Crippen molar-refractivity contribution in [2.24, 2.45) is 17.8 Å². The molecule has 1 aromatic rings. The van der Waals surface area contributed by atoms with E-state index in [9.17, 15) is 18.0 Å². The van der Waals surface area contributed by atoms with E-state index in [0.717, 1.165) is 6.42 Å². The van der Waals surface area contributed by atoms with Gasteiger partial charge in [0.2, 0.25) is 10.0 Å². The summed E-state index contributed by atoms with van der Waals surface area (Å²) in [6.45, 7) is 5.62. The van der Waals surface area contributed by atoms with Gasteiger partial charge in [-0.3, -0.25) is 9.59 Å². The number of carbonyl (C=O) groups excluding carboxylic acids is 2. The molecule has 0 bridgehead atoms. The SMILES string of the molecule is C[C@@H]1C[C@H](C)CN(C(=O)COC(=O)C2CCN(S(=O)(=O)c3c(Cl)cccc3Cl)CC2)C1. The number of rotatable bonds is 5. The molecule has 0 radical (unpaired) electrons. The van der Waals surface area contributed by atoms with Crippen molar-refractivity contribution < 1.29 is 22.7 Å². The zero-order chi connectivity index (χ0) is 22.8.